The Hall–Kier alpha value is -3.52. The van der Waals surface area contributed by atoms with Gasteiger partial charge in [0, 0.05) is 31.9 Å². The number of aromatic nitrogens is 2. The van der Waals surface area contributed by atoms with E-state index in [4.69, 9.17) is 9.47 Å². The monoisotopic (exact) mass is 421 g/mol. The number of aromatic amines is 1. The van der Waals surface area contributed by atoms with Gasteiger partial charge in [0.15, 0.2) is 11.5 Å². The molecular weight excluding hydrogens is 394 g/mol. The van der Waals surface area contributed by atoms with Crippen LogP contribution in [0.3, 0.4) is 0 Å². The summed E-state index contributed by atoms with van der Waals surface area (Å²) in [6.45, 7) is 1.86. The number of amides is 1. The zero-order chi connectivity index (χ0) is 21.8. The number of rotatable bonds is 7. The number of ether oxygens (including phenoxy) is 2. The molecule has 0 radical (unpaired) electrons. The highest BCUT2D eigenvalue weighted by molar-refractivity contribution is 5.98. The van der Waals surface area contributed by atoms with Gasteiger partial charge in [-0.05, 0) is 43.9 Å². The number of carbonyl (C=O) groups is 1. The van der Waals surface area contributed by atoms with Gasteiger partial charge in [0.05, 0.1) is 17.6 Å². The number of anilines is 2. The first-order valence-electron chi connectivity index (χ1n) is 10.2. The molecule has 0 aliphatic carbocycles. The first kappa shape index (κ1) is 20.7. The highest BCUT2D eigenvalue weighted by Crippen LogP contribution is 2.33. The van der Waals surface area contributed by atoms with Crippen LogP contribution >= 0.6 is 0 Å². The SMILES string of the molecule is CN(C)CCN(C)c1cc(-c2cn[nH]c2)ccc1NC(=O)C1COc2ccccc2O1. The van der Waals surface area contributed by atoms with E-state index in [0.29, 0.717) is 11.5 Å². The normalized spacial score (nSPS) is 15.0. The summed E-state index contributed by atoms with van der Waals surface area (Å²) in [7, 11) is 6.09. The largest absolute Gasteiger partial charge is 0.485 e. The lowest BCUT2D eigenvalue weighted by atomic mass is 10.1. The Morgan fingerprint density at radius 2 is 1.94 bits per heavy atom. The predicted molar refractivity (Wildman–Crippen MR) is 121 cm³/mol. The summed E-state index contributed by atoms with van der Waals surface area (Å²) in [6.07, 6.45) is 2.91. The van der Waals surface area contributed by atoms with Gasteiger partial charge in [-0.25, -0.2) is 0 Å². The van der Waals surface area contributed by atoms with Crippen molar-refractivity contribution in [3.8, 4) is 22.6 Å². The number of hydrogen-bond acceptors (Lipinski definition) is 6. The smallest absolute Gasteiger partial charge is 0.269 e. The van der Waals surface area contributed by atoms with Crippen LogP contribution in [0.25, 0.3) is 11.1 Å². The average Bonchev–Trinajstić information content (AvgIpc) is 3.32. The maximum absolute atomic E-state index is 13.0. The van der Waals surface area contributed by atoms with Crippen molar-refractivity contribution >= 4 is 17.3 Å². The molecule has 3 aromatic rings. The molecule has 4 rings (SSSR count). The molecule has 8 nitrogen and oxygen atoms in total. The highest BCUT2D eigenvalue weighted by atomic mass is 16.6. The molecule has 0 spiro atoms. The number of benzene rings is 2. The number of nitrogens with zero attached hydrogens (tertiary/aromatic N) is 3. The van der Waals surface area contributed by atoms with Gasteiger partial charge in [-0.3, -0.25) is 9.89 Å². The minimum Gasteiger partial charge on any atom is -0.485 e. The van der Waals surface area contributed by atoms with E-state index in [9.17, 15) is 4.79 Å². The summed E-state index contributed by atoms with van der Waals surface area (Å²) >= 11 is 0. The third kappa shape index (κ3) is 4.80. The first-order valence-corrected chi connectivity index (χ1v) is 10.2. The van der Waals surface area contributed by atoms with Crippen LogP contribution in [-0.4, -0.2) is 67.9 Å². The molecular formula is C23H27N5O3. The van der Waals surface area contributed by atoms with Crippen LogP contribution in [0.5, 0.6) is 11.5 Å². The van der Waals surface area contributed by atoms with E-state index in [1.807, 2.05) is 57.7 Å². The van der Waals surface area contributed by atoms with Gasteiger partial charge >= 0.3 is 0 Å². The zero-order valence-electron chi connectivity index (χ0n) is 18.0. The number of carbonyl (C=O) groups excluding carboxylic acids is 1. The molecule has 0 saturated carbocycles. The maximum atomic E-state index is 13.0. The Bertz CT molecular complexity index is 1040. The topological polar surface area (TPSA) is 82.7 Å². The Balaban J connectivity index is 1.55. The number of likely N-dealkylation sites (N-methyl/N-ethyl adjacent to an activating group) is 2. The van der Waals surface area contributed by atoms with Gasteiger partial charge in [-0.2, -0.15) is 5.10 Å². The van der Waals surface area contributed by atoms with Crippen LogP contribution in [0.2, 0.25) is 0 Å². The second-order valence-electron chi connectivity index (χ2n) is 7.80. The van der Waals surface area contributed by atoms with Crippen molar-refractivity contribution in [2.45, 2.75) is 6.10 Å². The van der Waals surface area contributed by atoms with Gasteiger partial charge < -0.3 is 24.6 Å². The molecule has 162 valence electrons. The minimum absolute atomic E-state index is 0.168. The number of nitrogens with one attached hydrogen (secondary N) is 2. The molecule has 2 aromatic carbocycles. The van der Waals surface area contributed by atoms with E-state index in [2.05, 4.69) is 31.4 Å². The van der Waals surface area contributed by atoms with Gasteiger partial charge in [-0.15, -0.1) is 0 Å². The molecule has 2 heterocycles. The molecule has 31 heavy (non-hydrogen) atoms. The van der Waals surface area contributed by atoms with Crippen LogP contribution in [-0.2, 0) is 4.79 Å². The van der Waals surface area contributed by atoms with Gasteiger partial charge in [0.1, 0.15) is 6.61 Å². The minimum atomic E-state index is -0.719. The molecule has 1 atom stereocenters. The lowest BCUT2D eigenvalue weighted by molar-refractivity contribution is -0.125. The van der Waals surface area contributed by atoms with Gasteiger partial charge in [0.25, 0.3) is 5.91 Å². The van der Waals surface area contributed by atoms with Crippen LogP contribution < -0.4 is 19.7 Å². The number of hydrogen-bond donors (Lipinski definition) is 2. The van der Waals surface area contributed by atoms with E-state index >= 15 is 0 Å². The Morgan fingerprint density at radius 3 is 2.68 bits per heavy atom. The lowest BCUT2D eigenvalue weighted by Crippen LogP contribution is -2.40. The Morgan fingerprint density at radius 1 is 1.13 bits per heavy atom. The van der Waals surface area contributed by atoms with Crippen LogP contribution in [0, 0.1) is 0 Å². The Labute approximate surface area is 181 Å². The summed E-state index contributed by atoms with van der Waals surface area (Å²) in [5.74, 6) is 0.987. The van der Waals surface area contributed by atoms with E-state index in [1.54, 1.807) is 12.3 Å². The van der Waals surface area contributed by atoms with Crippen molar-refractivity contribution in [1.82, 2.24) is 15.1 Å². The fourth-order valence-electron chi connectivity index (χ4n) is 3.37. The predicted octanol–water partition coefficient (Wildman–Crippen LogP) is 2.85. The van der Waals surface area contributed by atoms with Crippen molar-refractivity contribution in [3.63, 3.8) is 0 Å². The standard InChI is InChI=1S/C23H27N5O3/c1-27(2)10-11-28(3)19-12-16(17-13-24-25-14-17)8-9-18(19)26-23(29)22-15-30-20-6-4-5-7-21(20)31-22/h4-9,12-14,22H,10-11,15H2,1-3H3,(H,24,25)(H,26,29). The molecule has 1 aromatic heterocycles. The number of fused-ring (bicyclic) bond motifs is 1. The Kier molecular flexibility index (Phi) is 6.08. The fraction of sp³-hybridized carbons (Fsp3) is 0.304. The summed E-state index contributed by atoms with van der Waals surface area (Å²) in [4.78, 5) is 17.2. The fourth-order valence-corrected chi connectivity index (χ4v) is 3.37. The average molecular weight is 422 g/mol. The molecule has 0 bridgehead atoms. The molecule has 1 amide bonds. The summed E-state index contributed by atoms with van der Waals surface area (Å²) < 4.78 is 11.6. The van der Waals surface area contributed by atoms with Crippen molar-refractivity contribution in [3.05, 3.63) is 54.9 Å². The third-order valence-electron chi connectivity index (χ3n) is 5.18. The molecule has 1 unspecified atom stereocenters. The van der Waals surface area contributed by atoms with Gasteiger partial charge in [0.2, 0.25) is 6.10 Å². The second kappa shape index (κ2) is 9.09. The van der Waals surface area contributed by atoms with Crippen molar-refractivity contribution in [2.75, 3.05) is 51.1 Å². The second-order valence-corrected chi connectivity index (χ2v) is 7.80. The summed E-state index contributed by atoms with van der Waals surface area (Å²) in [6, 6.07) is 13.3. The quantitative estimate of drug-likeness (QED) is 0.611. The van der Waals surface area contributed by atoms with Crippen LogP contribution in [0.15, 0.2) is 54.9 Å². The molecule has 1 aliphatic heterocycles. The molecule has 2 N–H and O–H groups in total. The zero-order valence-corrected chi connectivity index (χ0v) is 18.0. The molecule has 1 aliphatic rings. The van der Waals surface area contributed by atoms with Crippen molar-refractivity contribution < 1.29 is 14.3 Å². The number of H-pyrrole nitrogens is 1. The number of para-hydroxylation sites is 2. The van der Waals surface area contributed by atoms with Crippen LogP contribution in [0.1, 0.15) is 0 Å². The van der Waals surface area contributed by atoms with Crippen LogP contribution in [0.4, 0.5) is 11.4 Å². The third-order valence-corrected chi connectivity index (χ3v) is 5.18. The molecule has 8 heteroatoms. The van der Waals surface area contributed by atoms with E-state index in [-0.39, 0.29) is 12.5 Å². The van der Waals surface area contributed by atoms with Crippen molar-refractivity contribution in [1.29, 1.82) is 0 Å². The highest BCUT2D eigenvalue weighted by Gasteiger charge is 2.28. The van der Waals surface area contributed by atoms with E-state index < -0.39 is 6.10 Å². The van der Waals surface area contributed by atoms with E-state index in [0.717, 1.165) is 35.6 Å². The van der Waals surface area contributed by atoms with Gasteiger partial charge in [-0.1, -0.05) is 18.2 Å². The molecule has 0 fully saturated rings. The lowest BCUT2D eigenvalue weighted by Gasteiger charge is -2.28. The van der Waals surface area contributed by atoms with E-state index in [1.165, 1.54) is 0 Å². The summed E-state index contributed by atoms with van der Waals surface area (Å²) in [5.41, 5.74) is 3.65. The molecule has 0 saturated heterocycles. The first-order chi connectivity index (χ1) is 15.0. The maximum Gasteiger partial charge on any atom is 0.269 e. The summed E-state index contributed by atoms with van der Waals surface area (Å²) in [5, 5.41) is 9.91. The van der Waals surface area contributed by atoms with Crippen molar-refractivity contribution in [2.24, 2.45) is 0 Å².